The molecule has 2 aromatic rings. The number of ketones is 1. The fourth-order valence-electron chi connectivity index (χ4n) is 4.09. The number of hydrogen-bond donors (Lipinski definition) is 2. The van der Waals surface area contributed by atoms with Crippen LogP contribution in [0.15, 0.2) is 54.6 Å². The molecule has 2 aliphatic rings. The highest BCUT2D eigenvalue weighted by Gasteiger charge is 2.44. The lowest BCUT2D eigenvalue weighted by atomic mass is 9.83. The number of likely N-dealkylation sites (tertiary alicyclic amines) is 1. The lowest BCUT2D eigenvalue weighted by molar-refractivity contribution is -0.124. The Morgan fingerprint density at radius 3 is 2.73 bits per heavy atom. The zero-order chi connectivity index (χ0) is 21.1. The lowest BCUT2D eigenvalue weighted by Crippen LogP contribution is -2.56. The minimum absolute atomic E-state index is 0.0490. The first kappa shape index (κ1) is 19.8. The first-order valence-corrected chi connectivity index (χ1v) is 9.82. The van der Waals surface area contributed by atoms with E-state index in [9.17, 15) is 14.4 Å². The molecule has 2 N–H and O–H groups in total. The highest BCUT2D eigenvalue weighted by atomic mass is 16.5. The molecular weight excluding hydrogens is 384 g/mol. The lowest BCUT2D eigenvalue weighted by Gasteiger charge is -2.44. The highest BCUT2D eigenvalue weighted by Crippen LogP contribution is 2.39. The molecule has 1 fully saturated rings. The van der Waals surface area contributed by atoms with Crippen LogP contribution >= 0.6 is 0 Å². The van der Waals surface area contributed by atoms with E-state index in [2.05, 4.69) is 0 Å². The number of carbonyl (C=O) groups is 3. The van der Waals surface area contributed by atoms with Crippen molar-refractivity contribution in [1.82, 2.24) is 10.4 Å². The monoisotopic (exact) mass is 406 g/mol. The van der Waals surface area contributed by atoms with Gasteiger partial charge in [-0.15, -0.1) is 0 Å². The molecule has 2 amide bonds. The van der Waals surface area contributed by atoms with Crippen LogP contribution in [0, 0.1) is 0 Å². The summed E-state index contributed by atoms with van der Waals surface area (Å²) in [7, 11) is 0. The van der Waals surface area contributed by atoms with E-state index in [1.165, 1.54) is 17.6 Å². The highest BCUT2D eigenvalue weighted by molar-refractivity contribution is 6.01. The third kappa shape index (κ3) is 3.97. The van der Waals surface area contributed by atoms with Crippen LogP contribution in [0.1, 0.15) is 45.5 Å². The SMILES string of the molecule is O=C(/C=C/c1ccc2c(c1)C(=O)CC1(CCCN(C(=O)c3ccccc3)C1)O2)NO. The molecule has 2 aliphatic heterocycles. The number of fused-ring (bicyclic) bond motifs is 1. The number of amides is 2. The number of hydroxylamine groups is 1. The van der Waals surface area contributed by atoms with Crippen molar-refractivity contribution in [3.8, 4) is 5.75 Å². The summed E-state index contributed by atoms with van der Waals surface area (Å²) in [5.41, 5.74) is 2.53. The number of piperidine rings is 1. The van der Waals surface area contributed by atoms with Crippen LogP contribution in [-0.2, 0) is 4.79 Å². The summed E-state index contributed by atoms with van der Waals surface area (Å²) in [5, 5.41) is 8.57. The van der Waals surface area contributed by atoms with E-state index < -0.39 is 11.5 Å². The predicted octanol–water partition coefficient (Wildman–Crippen LogP) is 2.85. The number of Topliss-reactive ketones (excluding diaryl/α,β-unsaturated/α-hetero) is 1. The molecule has 7 heteroatoms. The van der Waals surface area contributed by atoms with Gasteiger partial charge in [0.25, 0.3) is 11.8 Å². The molecule has 2 heterocycles. The van der Waals surface area contributed by atoms with Crippen LogP contribution in [0.2, 0.25) is 0 Å². The van der Waals surface area contributed by atoms with Crippen LogP contribution in [0.5, 0.6) is 5.75 Å². The second kappa shape index (κ2) is 8.12. The van der Waals surface area contributed by atoms with Crippen LogP contribution in [0.3, 0.4) is 0 Å². The summed E-state index contributed by atoms with van der Waals surface area (Å²) in [5.74, 6) is -0.269. The van der Waals surface area contributed by atoms with Crippen molar-refractivity contribution in [2.75, 3.05) is 13.1 Å². The smallest absolute Gasteiger partial charge is 0.267 e. The third-order valence-electron chi connectivity index (χ3n) is 5.50. The van der Waals surface area contributed by atoms with Gasteiger partial charge in [-0.3, -0.25) is 19.6 Å². The van der Waals surface area contributed by atoms with Gasteiger partial charge in [0.15, 0.2) is 5.78 Å². The largest absolute Gasteiger partial charge is 0.484 e. The number of hydrogen-bond acceptors (Lipinski definition) is 5. The second-order valence-electron chi connectivity index (χ2n) is 7.65. The Morgan fingerprint density at radius 1 is 1.17 bits per heavy atom. The van der Waals surface area contributed by atoms with E-state index in [-0.39, 0.29) is 18.1 Å². The average Bonchev–Trinajstić information content (AvgIpc) is 2.77. The molecule has 1 atom stereocenters. The molecule has 2 aromatic carbocycles. The third-order valence-corrected chi connectivity index (χ3v) is 5.50. The van der Waals surface area contributed by atoms with Crippen molar-refractivity contribution in [3.63, 3.8) is 0 Å². The summed E-state index contributed by atoms with van der Waals surface area (Å²) in [4.78, 5) is 38.7. The molecular formula is C23H22N2O5. The van der Waals surface area contributed by atoms with Gasteiger partial charge in [-0.2, -0.15) is 0 Å². The topological polar surface area (TPSA) is 95.9 Å². The van der Waals surface area contributed by atoms with Crippen molar-refractivity contribution in [2.24, 2.45) is 0 Å². The number of ether oxygens (including phenoxy) is 1. The molecule has 0 radical (unpaired) electrons. The fourth-order valence-corrected chi connectivity index (χ4v) is 4.09. The van der Waals surface area contributed by atoms with Gasteiger partial charge in [0, 0.05) is 18.2 Å². The molecule has 1 unspecified atom stereocenters. The number of rotatable bonds is 3. The second-order valence-corrected chi connectivity index (χ2v) is 7.65. The molecule has 0 bridgehead atoms. The van der Waals surface area contributed by atoms with E-state index >= 15 is 0 Å². The van der Waals surface area contributed by atoms with Crippen LogP contribution in [0.25, 0.3) is 6.08 Å². The Morgan fingerprint density at radius 2 is 1.97 bits per heavy atom. The Balaban J connectivity index is 1.54. The van der Waals surface area contributed by atoms with E-state index in [0.29, 0.717) is 42.0 Å². The summed E-state index contributed by atoms with van der Waals surface area (Å²) in [6.07, 6.45) is 4.34. The zero-order valence-electron chi connectivity index (χ0n) is 16.3. The zero-order valence-corrected chi connectivity index (χ0v) is 16.3. The van der Waals surface area contributed by atoms with Gasteiger partial charge < -0.3 is 9.64 Å². The maximum absolute atomic E-state index is 12.9. The summed E-state index contributed by atoms with van der Waals surface area (Å²) >= 11 is 0. The number of nitrogens with one attached hydrogen (secondary N) is 1. The predicted molar refractivity (Wildman–Crippen MR) is 109 cm³/mol. The Kier molecular flexibility index (Phi) is 5.37. The van der Waals surface area contributed by atoms with Crippen LogP contribution in [-0.4, -0.2) is 46.4 Å². The van der Waals surface area contributed by atoms with Crippen molar-refractivity contribution in [1.29, 1.82) is 0 Å². The standard InChI is InChI=1S/C23H22N2O5/c26-19-14-23(11-4-12-25(15-23)22(28)17-5-2-1-3-6-17)30-20-9-7-16(13-18(19)20)8-10-21(27)24-29/h1-3,5-10,13,29H,4,11-12,14-15H2,(H,24,27)/b10-8+. The van der Waals surface area contributed by atoms with E-state index in [1.54, 1.807) is 35.2 Å². The van der Waals surface area contributed by atoms with Crippen molar-refractivity contribution < 1.29 is 24.3 Å². The maximum atomic E-state index is 12.9. The molecule has 154 valence electrons. The average molecular weight is 406 g/mol. The quantitative estimate of drug-likeness (QED) is 0.464. The molecule has 0 aromatic heterocycles. The van der Waals surface area contributed by atoms with Crippen molar-refractivity contribution in [3.05, 3.63) is 71.3 Å². The minimum Gasteiger partial charge on any atom is -0.484 e. The van der Waals surface area contributed by atoms with Gasteiger partial charge >= 0.3 is 0 Å². The Hall–Kier alpha value is -3.45. The first-order chi connectivity index (χ1) is 14.5. The molecule has 1 saturated heterocycles. The summed E-state index contributed by atoms with van der Waals surface area (Å²) in [6.45, 7) is 1.00. The fraction of sp³-hybridized carbons (Fsp3) is 0.261. The Bertz CT molecular complexity index is 1020. The summed E-state index contributed by atoms with van der Waals surface area (Å²) in [6, 6.07) is 14.2. The molecule has 30 heavy (non-hydrogen) atoms. The maximum Gasteiger partial charge on any atom is 0.267 e. The molecule has 4 rings (SSSR count). The van der Waals surface area contributed by atoms with Crippen molar-refractivity contribution >= 4 is 23.7 Å². The van der Waals surface area contributed by atoms with Gasteiger partial charge in [-0.1, -0.05) is 24.3 Å². The first-order valence-electron chi connectivity index (χ1n) is 9.82. The van der Waals surface area contributed by atoms with Gasteiger partial charge in [0.2, 0.25) is 0 Å². The van der Waals surface area contributed by atoms with Gasteiger partial charge in [0.05, 0.1) is 18.5 Å². The number of nitrogens with zero attached hydrogens (tertiary/aromatic N) is 1. The van der Waals surface area contributed by atoms with Crippen LogP contribution in [0.4, 0.5) is 0 Å². The molecule has 0 aliphatic carbocycles. The molecule has 0 saturated carbocycles. The normalized spacial score (nSPS) is 20.7. The van der Waals surface area contributed by atoms with Crippen LogP contribution < -0.4 is 10.2 Å². The van der Waals surface area contributed by atoms with Gasteiger partial charge in [0.1, 0.15) is 11.4 Å². The number of carbonyl (C=O) groups excluding carboxylic acids is 3. The summed E-state index contributed by atoms with van der Waals surface area (Å²) < 4.78 is 6.29. The molecule has 7 nitrogen and oxygen atoms in total. The number of benzene rings is 2. The van der Waals surface area contributed by atoms with E-state index in [0.717, 1.165) is 6.42 Å². The van der Waals surface area contributed by atoms with Crippen molar-refractivity contribution in [2.45, 2.75) is 24.9 Å². The molecule has 1 spiro atoms. The van der Waals surface area contributed by atoms with Gasteiger partial charge in [-0.25, -0.2) is 5.48 Å². The van der Waals surface area contributed by atoms with E-state index in [1.807, 2.05) is 18.2 Å². The Labute approximate surface area is 173 Å². The minimum atomic E-state index is -0.721. The van der Waals surface area contributed by atoms with Gasteiger partial charge in [-0.05, 0) is 48.7 Å². The van der Waals surface area contributed by atoms with E-state index in [4.69, 9.17) is 9.94 Å².